The monoisotopic (exact) mass is 182 g/mol. The number of rotatable bonds is 4. The lowest BCUT2D eigenvalue weighted by atomic mass is 10.1. The molecule has 0 radical (unpaired) electrons. The second-order valence-electron chi connectivity index (χ2n) is 3.70. The van der Waals surface area contributed by atoms with Gasteiger partial charge in [0.25, 0.3) is 6.01 Å². The molecule has 74 valence electrons. The average molecular weight is 182 g/mol. The molecule has 0 saturated heterocycles. The number of aromatic nitrogens is 1. The maximum atomic E-state index is 5.37. The summed E-state index contributed by atoms with van der Waals surface area (Å²) in [5.41, 5.74) is 1.08. The first-order chi connectivity index (χ1) is 6.13. The van der Waals surface area contributed by atoms with E-state index < -0.39 is 0 Å². The molecule has 0 aliphatic rings. The molecule has 1 rings (SSSR count). The first-order valence-electron chi connectivity index (χ1n) is 4.77. The van der Waals surface area contributed by atoms with Crippen LogP contribution in [0.3, 0.4) is 0 Å². The Morgan fingerprint density at radius 1 is 1.46 bits per heavy atom. The smallest absolute Gasteiger partial charge is 0.294 e. The Kier molecular flexibility index (Phi) is 3.34. The van der Waals surface area contributed by atoms with Gasteiger partial charge in [-0.2, -0.15) is 4.98 Å². The molecule has 1 aromatic rings. The van der Waals surface area contributed by atoms with Gasteiger partial charge in [0, 0.05) is 7.05 Å². The standard InChI is InChI=1S/C10H18N2O/c1-7(2)5-6-9-8(3)13-10(11-4)12-9/h7H,5-6H2,1-4H3,(H,11,12). The van der Waals surface area contributed by atoms with Crippen molar-refractivity contribution in [1.82, 2.24) is 4.98 Å². The van der Waals surface area contributed by atoms with Gasteiger partial charge in [-0.25, -0.2) is 0 Å². The Balaban J connectivity index is 2.60. The third kappa shape index (κ3) is 2.76. The van der Waals surface area contributed by atoms with Gasteiger partial charge in [-0.15, -0.1) is 0 Å². The van der Waals surface area contributed by atoms with Crippen LogP contribution in [0.2, 0.25) is 0 Å². The first kappa shape index (κ1) is 10.1. The van der Waals surface area contributed by atoms with Crippen LogP contribution in [0.1, 0.15) is 31.7 Å². The number of oxazole rings is 1. The van der Waals surface area contributed by atoms with Crippen LogP contribution in [0.25, 0.3) is 0 Å². The molecule has 0 unspecified atom stereocenters. The zero-order chi connectivity index (χ0) is 9.84. The van der Waals surface area contributed by atoms with Gasteiger partial charge in [-0.05, 0) is 25.7 Å². The normalized spacial score (nSPS) is 10.8. The summed E-state index contributed by atoms with van der Waals surface area (Å²) in [5, 5.41) is 2.90. The Morgan fingerprint density at radius 2 is 2.15 bits per heavy atom. The molecule has 0 fully saturated rings. The lowest BCUT2D eigenvalue weighted by Crippen LogP contribution is -1.94. The van der Waals surface area contributed by atoms with Gasteiger partial charge in [0.05, 0.1) is 5.69 Å². The molecule has 13 heavy (non-hydrogen) atoms. The largest absolute Gasteiger partial charge is 0.429 e. The van der Waals surface area contributed by atoms with Crippen molar-refractivity contribution in [2.24, 2.45) is 5.92 Å². The van der Waals surface area contributed by atoms with Gasteiger partial charge >= 0.3 is 0 Å². The van der Waals surface area contributed by atoms with E-state index in [-0.39, 0.29) is 0 Å². The Hall–Kier alpha value is -0.990. The van der Waals surface area contributed by atoms with Crippen LogP contribution in [0.15, 0.2) is 4.42 Å². The van der Waals surface area contributed by atoms with Crippen molar-refractivity contribution in [1.29, 1.82) is 0 Å². The zero-order valence-corrected chi connectivity index (χ0v) is 8.85. The molecule has 0 aliphatic heterocycles. The fraction of sp³-hybridized carbons (Fsp3) is 0.700. The van der Waals surface area contributed by atoms with Gasteiger partial charge in [0.1, 0.15) is 5.76 Å². The number of hydrogen-bond donors (Lipinski definition) is 1. The number of nitrogens with one attached hydrogen (secondary N) is 1. The lowest BCUT2D eigenvalue weighted by molar-refractivity contribution is 0.534. The minimum Gasteiger partial charge on any atom is -0.429 e. The number of nitrogens with zero attached hydrogens (tertiary/aromatic N) is 1. The van der Waals surface area contributed by atoms with Crippen molar-refractivity contribution in [3.63, 3.8) is 0 Å². The van der Waals surface area contributed by atoms with Crippen molar-refractivity contribution in [3.05, 3.63) is 11.5 Å². The minimum atomic E-state index is 0.622. The summed E-state index contributed by atoms with van der Waals surface area (Å²) in [4.78, 5) is 4.32. The van der Waals surface area contributed by atoms with Gasteiger partial charge in [0.15, 0.2) is 0 Å². The predicted octanol–water partition coefficient (Wildman–Crippen LogP) is 2.61. The van der Waals surface area contributed by atoms with Crippen LogP contribution >= 0.6 is 0 Å². The van der Waals surface area contributed by atoms with Crippen LogP contribution in [-0.4, -0.2) is 12.0 Å². The van der Waals surface area contributed by atoms with Gasteiger partial charge in [0.2, 0.25) is 0 Å². The van der Waals surface area contributed by atoms with E-state index >= 15 is 0 Å². The van der Waals surface area contributed by atoms with E-state index in [1.165, 1.54) is 0 Å². The van der Waals surface area contributed by atoms with Gasteiger partial charge in [-0.3, -0.25) is 0 Å². The topological polar surface area (TPSA) is 38.1 Å². The van der Waals surface area contributed by atoms with E-state index in [1.54, 1.807) is 0 Å². The maximum Gasteiger partial charge on any atom is 0.294 e. The van der Waals surface area contributed by atoms with Gasteiger partial charge in [-0.1, -0.05) is 13.8 Å². The van der Waals surface area contributed by atoms with Crippen LogP contribution in [-0.2, 0) is 6.42 Å². The highest BCUT2D eigenvalue weighted by Crippen LogP contribution is 2.16. The summed E-state index contributed by atoms with van der Waals surface area (Å²) in [7, 11) is 1.82. The Labute approximate surface area is 79.5 Å². The number of anilines is 1. The molecule has 0 bridgehead atoms. The molecule has 0 saturated carbocycles. The molecule has 0 aromatic carbocycles. The number of aryl methyl sites for hydroxylation is 2. The molecule has 3 nitrogen and oxygen atoms in total. The van der Waals surface area contributed by atoms with Crippen molar-refractivity contribution in [3.8, 4) is 0 Å². The molecular formula is C10H18N2O. The van der Waals surface area contributed by atoms with Gasteiger partial charge < -0.3 is 9.73 Å². The summed E-state index contributed by atoms with van der Waals surface area (Å²) < 4.78 is 5.37. The summed E-state index contributed by atoms with van der Waals surface area (Å²) >= 11 is 0. The highest BCUT2D eigenvalue weighted by atomic mass is 16.4. The molecule has 1 aromatic heterocycles. The average Bonchev–Trinajstić information content (AvgIpc) is 2.43. The van der Waals surface area contributed by atoms with E-state index in [0.29, 0.717) is 11.9 Å². The fourth-order valence-electron chi connectivity index (χ4n) is 1.19. The summed E-state index contributed by atoms with van der Waals surface area (Å²) in [6.45, 7) is 6.40. The van der Waals surface area contributed by atoms with Crippen LogP contribution in [0.4, 0.5) is 6.01 Å². The molecular weight excluding hydrogens is 164 g/mol. The van der Waals surface area contributed by atoms with E-state index in [2.05, 4.69) is 24.1 Å². The molecule has 0 amide bonds. The summed E-state index contributed by atoms with van der Waals surface area (Å²) in [5.74, 6) is 1.65. The zero-order valence-electron chi connectivity index (χ0n) is 8.85. The van der Waals surface area contributed by atoms with E-state index in [4.69, 9.17) is 4.42 Å². The third-order valence-corrected chi connectivity index (χ3v) is 2.07. The van der Waals surface area contributed by atoms with Crippen molar-refractivity contribution in [2.45, 2.75) is 33.6 Å². The highest BCUT2D eigenvalue weighted by molar-refractivity contribution is 5.23. The van der Waals surface area contributed by atoms with Crippen LogP contribution < -0.4 is 5.32 Å². The van der Waals surface area contributed by atoms with Crippen molar-refractivity contribution in [2.75, 3.05) is 12.4 Å². The molecule has 1 heterocycles. The van der Waals surface area contributed by atoms with E-state index in [9.17, 15) is 0 Å². The molecule has 3 heteroatoms. The molecule has 0 aliphatic carbocycles. The highest BCUT2D eigenvalue weighted by Gasteiger charge is 2.08. The second kappa shape index (κ2) is 4.30. The molecule has 0 spiro atoms. The number of hydrogen-bond acceptors (Lipinski definition) is 3. The molecule has 0 atom stereocenters. The van der Waals surface area contributed by atoms with Crippen molar-refractivity contribution >= 4 is 6.01 Å². The van der Waals surface area contributed by atoms with E-state index in [1.807, 2.05) is 14.0 Å². The summed E-state index contributed by atoms with van der Waals surface area (Å²) in [6.07, 6.45) is 2.17. The van der Waals surface area contributed by atoms with Crippen molar-refractivity contribution < 1.29 is 4.42 Å². The molecule has 1 N–H and O–H groups in total. The minimum absolute atomic E-state index is 0.622. The summed E-state index contributed by atoms with van der Waals surface area (Å²) in [6, 6.07) is 0.622. The fourth-order valence-corrected chi connectivity index (χ4v) is 1.19. The van der Waals surface area contributed by atoms with Crippen LogP contribution in [0, 0.1) is 12.8 Å². The SMILES string of the molecule is CNc1nc(CCC(C)C)c(C)o1. The predicted molar refractivity (Wildman–Crippen MR) is 53.9 cm³/mol. The maximum absolute atomic E-state index is 5.37. The second-order valence-corrected chi connectivity index (χ2v) is 3.70. The van der Waals surface area contributed by atoms with Crippen LogP contribution in [0.5, 0.6) is 0 Å². The Morgan fingerprint density at radius 3 is 2.62 bits per heavy atom. The van der Waals surface area contributed by atoms with E-state index in [0.717, 1.165) is 24.3 Å². The first-order valence-corrected chi connectivity index (χ1v) is 4.77. The third-order valence-electron chi connectivity index (χ3n) is 2.07. The Bertz CT molecular complexity index is 266. The quantitative estimate of drug-likeness (QED) is 0.777. The lowest BCUT2D eigenvalue weighted by Gasteiger charge is -2.00.